The van der Waals surface area contributed by atoms with Crippen molar-refractivity contribution in [2.24, 2.45) is 0 Å². The summed E-state index contributed by atoms with van der Waals surface area (Å²) in [6.45, 7) is 3.69. The minimum atomic E-state index is -3.47. The molecule has 0 heterocycles. The summed E-state index contributed by atoms with van der Waals surface area (Å²) in [4.78, 5) is 0. The van der Waals surface area contributed by atoms with E-state index in [0.717, 1.165) is 19.2 Å². The fourth-order valence-electron chi connectivity index (χ4n) is 0.930. The molecular weight excluding hydrogens is 252 g/mol. The van der Waals surface area contributed by atoms with Gasteiger partial charge in [0.05, 0.1) is 11.5 Å². The van der Waals surface area contributed by atoms with Crippen molar-refractivity contribution < 1.29 is 16.8 Å². The van der Waals surface area contributed by atoms with Crippen LogP contribution in [0.1, 0.15) is 13.3 Å². The lowest BCUT2D eigenvalue weighted by Gasteiger charge is -2.06. The molecule has 0 spiro atoms. The molecule has 0 aromatic carbocycles. The summed E-state index contributed by atoms with van der Waals surface area (Å²) in [5.41, 5.74) is 0. The third-order valence-corrected chi connectivity index (χ3v) is 4.36. The standard InChI is InChI=1S/C8H20N2O4S2/c1-3-4-9-5-6-10-16(13,14)8-7-15(2,11)12/h9-10H,3-8H2,1-2H3. The van der Waals surface area contributed by atoms with E-state index in [1.807, 2.05) is 6.92 Å². The summed E-state index contributed by atoms with van der Waals surface area (Å²) in [5, 5.41) is 3.03. The molecule has 0 rings (SSSR count). The first-order valence-electron chi connectivity index (χ1n) is 5.12. The van der Waals surface area contributed by atoms with Gasteiger partial charge in [-0.2, -0.15) is 0 Å². The van der Waals surface area contributed by atoms with Crippen molar-refractivity contribution in [3.05, 3.63) is 0 Å². The first-order valence-corrected chi connectivity index (χ1v) is 8.84. The lowest BCUT2D eigenvalue weighted by Crippen LogP contribution is -2.35. The number of sulfone groups is 1. The highest BCUT2D eigenvalue weighted by Gasteiger charge is 2.13. The Kier molecular flexibility index (Phi) is 7.12. The number of rotatable bonds is 9. The van der Waals surface area contributed by atoms with E-state index in [9.17, 15) is 16.8 Å². The lowest BCUT2D eigenvalue weighted by molar-refractivity contribution is 0.574. The van der Waals surface area contributed by atoms with Gasteiger partial charge in [-0.3, -0.25) is 0 Å². The third kappa shape index (κ3) is 10.3. The van der Waals surface area contributed by atoms with E-state index in [4.69, 9.17) is 0 Å². The highest BCUT2D eigenvalue weighted by molar-refractivity contribution is 7.93. The molecule has 0 unspecified atom stereocenters. The smallest absolute Gasteiger partial charge is 0.212 e. The Labute approximate surface area is 97.8 Å². The van der Waals surface area contributed by atoms with Crippen LogP contribution >= 0.6 is 0 Å². The van der Waals surface area contributed by atoms with Crippen LogP contribution in [-0.4, -0.2) is 54.2 Å². The molecule has 8 heteroatoms. The lowest BCUT2D eigenvalue weighted by atomic mass is 10.5. The molecule has 0 aliphatic heterocycles. The molecule has 0 aliphatic rings. The number of nitrogens with one attached hydrogen (secondary N) is 2. The van der Waals surface area contributed by atoms with Crippen LogP contribution in [-0.2, 0) is 19.9 Å². The summed E-state index contributed by atoms with van der Waals surface area (Å²) < 4.78 is 46.5. The maximum Gasteiger partial charge on any atom is 0.212 e. The SMILES string of the molecule is CCCNCCNS(=O)(=O)CCS(C)(=O)=O. The molecule has 2 N–H and O–H groups in total. The van der Waals surface area contributed by atoms with Gasteiger partial charge in [0.15, 0.2) is 0 Å². The van der Waals surface area contributed by atoms with Gasteiger partial charge in [-0.1, -0.05) is 6.92 Å². The minimum absolute atomic E-state index is 0.284. The molecule has 0 saturated heterocycles. The van der Waals surface area contributed by atoms with Crippen molar-refractivity contribution in [3.63, 3.8) is 0 Å². The first-order chi connectivity index (χ1) is 7.27. The van der Waals surface area contributed by atoms with E-state index in [1.165, 1.54) is 0 Å². The molecule has 0 aromatic heterocycles. The Bertz CT molecular complexity index is 375. The monoisotopic (exact) mass is 272 g/mol. The van der Waals surface area contributed by atoms with Gasteiger partial charge in [0.25, 0.3) is 0 Å². The summed E-state index contributed by atoms with van der Waals surface area (Å²) in [5.74, 6) is -0.718. The molecule has 0 saturated carbocycles. The Morgan fingerprint density at radius 2 is 1.56 bits per heavy atom. The summed E-state index contributed by atoms with van der Waals surface area (Å²) in [6.07, 6.45) is 2.01. The van der Waals surface area contributed by atoms with Crippen LogP contribution in [0.15, 0.2) is 0 Å². The van der Waals surface area contributed by atoms with Gasteiger partial charge >= 0.3 is 0 Å². The van der Waals surface area contributed by atoms with Crippen LogP contribution in [0.3, 0.4) is 0 Å². The van der Waals surface area contributed by atoms with Gasteiger partial charge in [-0.25, -0.2) is 21.6 Å². The Morgan fingerprint density at radius 1 is 0.938 bits per heavy atom. The fraction of sp³-hybridized carbons (Fsp3) is 1.00. The van der Waals surface area contributed by atoms with Crippen molar-refractivity contribution in [2.45, 2.75) is 13.3 Å². The van der Waals surface area contributed by atoms with Crippen LogP contribution in [0, 0.1) is 0 Å². The Hall–Kier alpha value is -0.180. The Balaban J connectivity index is 3.80. The molecule has 0 amide bonds. The van der Waals surface area contributed by atoms with Crippen molar-refractivity contribution in [1.29, 1.82) is 0 Å². The predicted octanol–water partition coefficient (Wildman–Crippen LogP) is -1.05. The van der Waals surface area contributed by atoms with E-state index in [-0.39, 0.29) is 18.1 Å². The number of hydrogen-bond donors (Lipinski definition) is 2. The van der Waals surface area contributed by atoms with Crippen LogP contribution in [0.2, 0.25) is 0 Å². The van der Waals surface area contributed by atoms with E-state index in [0.29, 0.717) is 6.54 Å². The quantitative estimate of drug-likeness (QED) is 0.523. The zero-order valence-electron chi connectivity index (χ0n) is 9.69. The highest BCUT2D eigenvalue weighted by Crippen LogP contribution is 1.89. The molecule has 0 radical (unpaired) electrons. The number of hydrogen-bond acceptors (Lipinski definition) is 5. The van der Waals surface area contributed by atoms with E-state index >= 15 is 0 Å². The zero-order chi connectivity index (χ0) is 12.7. The Morgan fingerprint density at radius 3 is 2.06 bits per heavy atom. The average molecular weight is 272 g/mol. The second-order valence-electron chi connectivity index (χ2n) is 3.59. The second-order valence-corrected chi connectivity index (χ2v) is 7.78. The van der Waals surface area contributed by atoms with Gasteiger partial charge in [-0.05, 0) is 13.0 Å². The second kappa shape index (κ2) is 7.21. The zero-order valence-corrected chi connectivity index (χ0v) is 11.3. The summed E-state index contributed by atoms with van der Waals surface area (Å²) in [7, 11) is -6.70. The molecular formula is C8H20N2O4S2. The third-order valence-electron chi connectivity index (χ3n) is 1.77. The molecule has 0 atom stereocenters. The van der Waals surface area contributed by atoms with E-state index < -0.39 is 19.9 Å². The van der Waals surface area contributed by atoms with Crippen LogP contribution < -0.4 is 10.0 Å². The normalized spacial score (nSPS) is 12.9. The fourth-order valence-corrected chi connectivity index (χ4v) is 3.58. The molecule has 0 aromatic rings. The first kappa shape index (κ1) is 15.8. The average Bonchev–Trinajstić information content (AvgIpc) is 2.14. The van der Waals surface area contributed by atoms with Crippen LogP contribution in [0.4, 0.5) is 0 Å². The molecule has 0 fully saturated rings. The van der Waals surface area contributed by atoms with Gasteiger partial charge in [-0.15, -0.1) is 0 Å². The minimum Gasteiger partial charge on any atom is -0.315 e. The highest BCUT2D eigenvalue weighted by atomic mass is 32.2. The maximum atomic E-state index is 11.3. The van der Waals surface area contributed by atoms with Gasteiger partial charge in [0.1, 0.15) is 9.84 Å². The number of sulfonamides is 1. The van der Waals surface area contributed by atoms with E-state index in [2.05, 4.69) is 10.0 Å². The predicted molar refractivity (Wildman–Crippen MR) is 64.7 cm³/mol. The molecule has 0 aliphatic carbocycles. The van der Waals surface area contributed by atoms with E-state index in [1.54, 1.807) is 0 Å². The van der Waals surface area contributed by atoms with Crippen molar-refractivity contribution in [3.8, 4) is 0 Å². The largest absolute Gasteiger partial charge is 0.315 e. The van der Waals surface area contributed by atoms with Gasteiger partial charge in [0.2, 0.25) is 10.0 Å². The molecule has 98 valence electrons. The van der Waals surface area contributed by atoms with Crippen LogP contribution in [0.5, 0.6) is 0 Å². The molecule has 6 nitrogen and oxygen atoms in total. The summed E-state index contributed by atoms with van der Waals surface area (Å²) in [6, 6.07) is 0. The summed E-state index contributed by atoms with van der Waals surface area (Å²) >= 11 is 0. The van der Waals surface area contributed by atoms with Crippen molar-refractivity contribution in [2.75, 3.05) is 37.4 Å². The topological polar surface area (TPSA) is 92.3 Å². The van der Waals surface area contributed by atoms with Crippen molar-refractivity contribution in [1.82, 2.24) is 10.0 Å². The maximum absolute atomic E-state index is 11.3. The van der Waals surface area contributed by atoms with Crippen molar-refractivity contribution >= 4 is 19.9 Å². The molecule has 0 bridgehead atoms. The van der Waals surface area contributed by atoms with Crippen LogP contribution in [0.25, 0.3) is 0 Å². The van der Waals surface area contributed by atoms with Gasteiger partial charge < -0.3 is 5.32 Å². The molecule has 16 heavy (non-hydrogen) atoms. The van der Waals surface area contributed by atoms with Gasteiger partial charge in [0, 0.05) is 19.3 Å².